The van der Waals surface area contributed by atoms with Gasteiger partial charge in [-0.15, -0.1) is 0 Å². The van der Waals surface area contributed by atoms with Gasteiger partial charge in [-0.05, 0) is 25.3 Å². The molecule has 4 heteroatoms. The van der Waals surface area contributed by atoms with Gasteiger partial charge in [0.25, 0.3) is 0 Å². The highest BCUT2D eigenvalue weighted by Crippen LogP contribution is 2.44. The molecule has 0 aromatic heterocycles. The van der Waals surface area contributed by atoms with Gasteiger partial charge in [-0.1, -0.05) is 20.3 Å². The Morgan fingerprint density at radius 2 is 1.76 bits per heavy atom. The molecule has 0 radical (unpaired) electrons. The minimum atomic E-state index is -0.00548. The van der Waals surface area contributed by atoms with Crippen molar-refractivity contribution in [3.05, 3.63) is 0 Å². The van der Waals surface area contributed by atoms with Crippen LogP contribution in [0.2, 0.25) is 0 Å². The van der Waals surface area contributed by atoms with Crippen LogP contribution in [0.5, 0.6) is 0 Å². The Balaban J connectivity index is 1.96. The van der Waals surface area contributed by atoms with Crippen molar-refractivity contribution in [2.24, 2.45) is 17.8 Å². The highest BCUT2D eigenvalue weighted by atomic mass is 16.2. The van der Waals surface area contributed by atoms with E-state index in [-0.39, 0.29) is 23.7 Å². The van der Waals surface area contributed by atoms with E-state index in [9.17, 15) is 9.59 Å². The van der Waals surface area contributed by atoms with Crippen molar-refractivity contribution in [2.75, 3.05) is 19.6 Å². The Hall–Kier alpha value is -0.900. The fourth-order valence-electron chi connectivity index (χ4n) is 3.12. The Bertz CT molecular complexity index is 293. The van der Waals surface area contributed by atoms with Crippen LogP contribution in [0.25, 0.3) is 0 Å². The highest BCUT2D eigenvalue weighted by Gasteiger charge is 2.51. The van der Waals surface area contributed by atoms with Gasteiger partial charge in [0.05, 0.1) is 11.8 Å². The molecule has 1 saturated heterocycles. The van der Waals surface area contributed by atoms with Crippen LogP contribution in [0.3, 0.4) is 0 Å². The van der Waals surface area contributed by atoms with E-state index in [4.69, 9.17) is 0 Å². The van der Waals surface area contributed by atoms with Crippen molar-refractivity contribution in [3.8, 4) is 0 Å². The largest absolute Gasteiger partial charge is 0.315 e. The second-order valence-corrected chi connectivity index (χ2v) is 5.14. The lowest BCUT2D eigenvalue weighted by Gasteiger charge is -2.17. The van der Waals surface area contributed by atoms with Gasteiger partial charge in [-0.3, -0.25) is 14.5 Å². The average Bonchev–Trinajstić information content (AvgIpc) is 2.84. The molecule has 2 unspecified atom stereocenters. The van der Waals surface area contributed by atoms with Crippen LogP contribution in [0.1, 0.15) is 33.1 Å². The zero-order valence-corrected chi connectivity index (χ0v) is 10.7. The number of carbonyl (C=O) groups is 2. The van der Waals surface area contributed by atoms with E-state index in [1.54, 1.807) is 0 Å². The topological polar surface area (TPSA) is 49.4 Å². The number of likely N-dealkylation sites (tertiary alicyclic amines) is 1. The van der Waals surface area contributed by atoms with Gasteiger partial charge in [0.1, 0.15) is 0 Å². The maximum atomic E-state index is 12.1. The summed E-state index contributed by atoms with van der Waals surface area (Å²) in [6.45, 7) is 6.29. The first kappa shape index (κ1) is 12.6. The predicted molar refractivity (Wildman–Crippen MR) is 65.3 cm³/mol. The lowest BCUT2D eigenvalue weighted by molar-refractivity contribution is -0.140. The quantitative estimate of drug-likeness (QED) is 0.574. The first-order chi connectivity index (χ1) is 8.19. The molecule has 2 amide bonds. The Labute approximate surface area is 103 Å². The molecule has 1 aliphatic heterocycles. The summed E-state index contributed by atoms with van der Waals surface area (Å²) in [6.07, 6.45) is 2.93. The fraction of sp³-hybridized carbons (Fsp3) is 0.846. The molecule has 4 nitrogen and oxygen atoms in total. The fourth-order valence-corrected chi connectivity index (χ4v) is 3.12. The minimum absolute atomic E-state index is 0.00548. The summed E-state index contributed by atoms with van der Waals surface area (Å²) in [5, 5.41) is 3.16. The molecule has 2 atom stereocenters. The van der Waals surface area contributed by atoms with Gasteiger partial charge in [0, 0.05) is 13.1 Å². The summed E-state index contributed by atoms with van der Waals surface area (Å²) in [5.41, 5.74) is 0. The van der Waals surface area contributed by atoms with Crippen molar-refractivity contribution in [1.82, 2.24) is 10.2 Å². The monoisotopic (exact) mass is 238 g/mol. The number of amides is 2. The molecule has 17 heavy (non-hydrogen) atoms. The van der Waals surface area contributed by atoms with E-state index < -0.39 is 0 Å². The van der Waals surface area contributed by atoms with Crippen molar-refractivity contribution >= 4 is 11.8 Å². The van der Waals surface area contributed by atoms with Crippen LogP contribution in [0.4, 0.5) is 0 Å². The van der Waals surface area contributed by atoms with E-state index in [0.29, 0.717) is 19.0 Å². The Morgan fingerprint density at radius 1 is 1.18 bits per heavy atom. The maximum Gasteiger partial charge on any atom is 0.233 e. The number of fused-ring (bicyclic) bond motifs is 1. The second kappa shape index (κ2) is 5.17. The number of nitrogens with one attached hydrogen (secondary N) is 1. The van der Waals surface area contributed by atoms with Crippen molar-refractivity contribution in [1.29, 1.82) is 0 Å². The molecule has 0 spiro atoms. The van der Waals surface area contributed by atoms with Gasteiger partial charge in [-0.2, -0.15) is 0 Å². The molecule has 96 valence electrons. The number of nitrogens with zero attached hydrogens (tertiary/aromatic N) is 1. The molecule has 2 rings (SSSR count). The van der Waals surface area contributed by atoms with Gasteiger partial charge in [0.15, 0.2) is 0 Å². The standard InChI is InChI=1S/C13H22N2O2/c1-3-9-7-10-11(8-9)13(17)15(12(10)16)6-5-14-4-2/h9-11,14H,3-8H2,1-2H3. The molecule has 2 fully saturated rings. The summed E-state index contributed by atoms with van der Waals surface area (Å²) in [4.78, 5) is 25.7. The smallest absolute Gasteiger partial charge is 0.233 e. The summed E-state index contributed by atoms with van der Waals surface area (Å²) in [6, 6.07) is 0. The predicted octanol–water partition coefficient (Wildman–Crippen LogP) is 1.02. The first-order valence-corrected chi connectivity index (χ1v) is 6.74. The van der Waals surface area contributed by atoms with E-state index in [2.05, 4.69) is 12.2 Å². The third kappa shape index (κ3) is 2.23. The van der Waals surface area contributed by atoms with Gasteiger partial charge >= 0.3 is 0 Å². The lowest BCUT2D eigenvalue weighted by atomic mass is 10.00. The van der Waals surface area contributed by atoms with Gasteiger partial charge in [-0.25, -0.2) is 0 Å². The molecule has 1 heterocycles. The van der Waals surface area contributed by atoms with Crippen LogP contribution >= 0.6 is 0 Å². The van der Waals surface area contributed by atoms with Crippen molar-refractivity contribution in [2.45, 2.75) is 33.1 Å². The van der Waals surface area contributed by atoms with Crippen LogP contribution in [-0.2, 0) is 9.59 Å². The molecule has 0 aromatic rings. The SMILES string of the molecule is CCNCCN1C(=O)C2CC(CC)CC2C1=O. The lowest BCUT2D eigenvalue weighted by Crippen LogP contribution is -2.37. The maximum absolute atomic E-state index is 12.1. The summed E-state index contributed by atoms with van der Waals surface area (Å²) < 4.78 is 0. The van der Waals surface area contributed by atoms with E-state index in [1.165, 1.54) is 4.90 Å². The molecular formula is C13H22N2O2. The normalized spacial score (nSPS) is 32.4. The number of rotatable bonds is 5. The third-order valence-electron chi connectivity index (χ3n) is 4.17. The summed E-state index contributed by atoms with van der Waals surface area (Å²) in [7, 11) is 0. The van der Waals surface area contributed by atoms with Crippen molar-refractivity contribution < 1.29 is 9.59 Å². The van der Waals surface area contributed by atoms with Crippen LogP contribution < -0.4 is 5.32 Å². The first-order valence-electron chi connectivity index (χ1n) is 6.74. The number of carbonyl (C=O) groups excluding carboxylic acids is 2. The van der Waals surface area contributed by atoms with Gasteiger partial charge in [0.2, 0.25) is 11.8 Å². The van der Waals surface area contributed by atoms with Gasteiger partial charge < -0.3 is 5.32 Å². The van der Waals surface area contributed by atoms with E-state index >= 15 is 0 Å². The minimum Gasteiger partial charge on any atom is -0.315 e. The van der Waals surface area contributed by atoms with E-state index in [1.807, 2.05) is 6.92 Å². The number of hydrogen-bond donors (Lipinski definition) is 1. The third-order valence-corrected chi connectivity index (χ3v) is 4.17. The number of imide groups is 1. The number of likely N-dealkylation sites (N-methyl/N-ethyl adjacent to an activating group) is 1. The Morgan fingerprint density at radius 3 is 2.24 bits per heavy atom. The average molecular weight is 238 g/mol. The summed E-state index contributed by atoms with van der Waals surface area (Å²) >= 11 is 0. The second-order valence-electron chi connectivity index (χ2n) is 5.14. The number of hydrogen-bond acceptors (Lipinski definition) is 3. The molecule has 0 bridgehead atoms. The van der Waals surface area contributed by atoms with Crippen LogP contribution in [0.15, 0.2) is 0 Å². The summed E-state index contributed by atoms with van der Waals surface area (Å²) in [5.74, 6) is 0.722. The Kier molecular flexibility index (Phi) is 3.82. The van der Waals surface area contributed by atoms with Crippen LogP contribution in [-0.4, -0.2) is 36.3 Å². The zero-order chi connectivity index (χ0) is 12.4. The molecule has 1 aliphatic carbocycles. The molecular weight excluding hydrogens is 216 g/mol. The molecule has 0 aromatic carbocycles. The molecule has 1 N–H and O–H groups in total. The van der Waals surface area contributed by atoms with Crippen molar-refractivity contribution in [3.63, 3.8) is 0 Å². The zero-order valence-electron chi connectivity index (χ0n) is 10.7. The van der Waals surface area contributed by atoms with Crippen LogP contribution in [0, 0.1) is 17.8 Å². The van der Waals surface area contributed by atoms with E-state index in [0.717, 1.165) is 25.8 Å². The molecule has 1 saturated carbocycles. The highest BCUT2D eigenvalue weighted by molar-refractivity contribution is 6.05. The molecule has 2 aliphatic rings.